The molecule has 0 unspecified atom stereocenters. The molecular formula is C19H19N3O3. The molecule has 1 fully saturated rings. The van der Waals surface area contributed by atoms with Gasteiger partial charge in [-0.25, -0.2) is 0 Å². The minimum absolute atomic E-state index is 0.120. The number of rotatable bonds is 5. The number of nitrogens with zero attached hydrogens (tertiary/aromatic N) is 2. The highest BCUT2D eigenvalue weighted by atomic mass is 16.2. The largest absolute Gasteiger partial charge is 0.291 e. The molecule has 2 amide bonds. The van der Waals surface area contributed by atoms with Crippen molar-refractivity contribution >= 4 is 17.6 Å². The lowest BCUT2D eigenvalue weighted by atomic mass is 10.1. The molecule has 1 N–H and O–H groups in total. The van der Waals surface area contributed by atoms with Gasteiger partial charge in [-0.15, -0.1) is 0 Å². The molecule has 0 bridgehead atoms. The summed E-state index contributed by atoms with van der Waals surface area (Å²) in [7, 11) is 0. The van der Waals surface area contributed by atoms with Crippen LogP contribution in [0, 0.1) is 0 Å². The van der Waals surface area contributed by atoms with E-state index in [4.69, 9.17) is 0 Å². The lowest BCUT2D eigenvalue weighted by Gasteiger charge is -2.22. The third-order valence-electron chi connectivity index (χ3n) is 4.24. The number of hydrogen-bond acceptors (Lipinski definition) is 5. The summed E-state index contributed by atoms with van der Waals surface area (Å²) in [6.07, 6.45) is 3.01. The highest BCUT2D eigenvalue weighted by Gasteiger charge is 2.33. The van der Waals surface area contributed by atoms with Gasteiger partial charge in [-0.2, -0.15) is 0 Å². The van der Waals surface area contributed by atoms with E-state index in [1.54, 1.807) is 54.7 Å². The Kier molecular flexibility index (Phi) is 5.30. The molecule has 0 spiro atoms. The molecule has 0 saturated carbocycles. The van der Waals surface area contributed by atoms with Crippen molar-refractivity contribution in [1.82, 2.24) is 15.2 Å². The van der Waals surface area contributed by atoms with Crippen LogP contribution in [0.15, 0.2) is 54.7 Å². The second kappa shape index (κ2) is 7.81. The number of amides is 2. The predicted octanol–water partition coefficient (Wildman–Crippen LogP) is 1.69. The maximum Gasteiger partial charge on any atom is 0.257 e. The maximum absolute atomic E-state index is 12.5. The SMILES string of the molecule is O=C(NC(=O)[C@@H]1CCCN1CC(=O)c1ccccn1)c1ccccc1. The number of aromatic nitrogens is 1. The highest BCUT2D eigenvalue weighted by molar-refractivity contribution is 6.06. The van der Waals surface area contributed by atoms with Crippen LogP contribution in [0.1, 0.15) is 33.7 Å². The minimum atomic E-state index is -0.472. The molecule has 25 heavy (non-hydrogen) atoms. The standard InChI is InChI=1S/C19H19N3O3/c23-17(15-9-4-5-11-20-15)13-22-12-6-10-16(22)19(25)21-18(24)14-7-2-1-3-8-14/h1-5,7-9,11,16H,6,10,12-13H2,(H,21,24,25)/t16-/m0/s1. The Bertz CT molecular complexity index is 762. The van der Waals surface area contributed by atoms with Gasteiger partial charge in [0, 0.05) is 11.8 Å². The van der Waals surface area contributed by atoms with Crippen LogP contribution in [0.4, 0.5) is 0 Å². The number of carbonyl (C=O) groups is 3. The van der Waals surface area contributed by atoms with Gasteiger partial charge in [0.2, 0.25) is 5.91 Å². The van der Waals surface area contributed by atoms with Crippen molar-refractivity contribution in [3.63, 3.8) is 0 Å². The first-order chi connectivity index (χ1) is 12.1. The Morgan fingerprint density at radius 2 is 1.84 bits per heavy atom. The second-order valence-electron chi connectivity index (χ2n) is 5.95. The molecule has 1 atom stereocenters. The summed E-state index contributed by atoms with van der Waals surface area (Å²) in [6.45, 7) is 0.769. The Hall–Kier alpha value is -2.86. The molecule has 1 aliphatic heterocycles. The lowest BCUT2D eigenvalue weighted by Crippen LogP contribution is -2.47. The number of benzene rings is 1. The van der Waals surface area contributed by atoms with E-state index in [1.807, 2.05) is 4.90 Å². The van der Waals surface area contributed by atoms with E-state index < -0.39 is 11.9 Å². The van der Waals surface area contributed by atoms with Crippen LogP contribution in [-0.2, 0) is 4.79 Å². The van der Waals surface area contributed by atoms with Crippen molar-refractivity contribution in [2.24, 2.45) is 0 Å². The van der Waals surface area contributed by atoms with E-state index in [-0.39, 0.29) is 18.2 Å². The van der Waals surface area contributed by atoms with E-state index >= 15 is 0 Å². The monoisotopic (exact) mass is 337 g/mol. The number of ketones is 1. The number of carbonyl (C=O) groups excluding carboxylic acids is 3. The average molecular weight is 337 g/mol. The predicted molar refractivity (Wildman–Crippen MR) is 92.1 cm³/mol. The number of hydrogen-bond donors (Lipinski definition) is 1. The molecule has 1 aromatic heterocycles. The van der Waals surface area contributed by atoms with Gasteiger partial charge in [0.25, 0.3) is 5.91 Å². The molecule has 6 nitrogen and oxygen atoms in total. The number of nitrogens with one attached hydrogen (secondary N) is 1. The van der Waals surface area contributed by atoms with Gasteiger partial charge in [-0.1, -0.05) is 24.3 Å². The maximum atomic E-state index is 12.5. The zero-order valence-electron chi connectivity index (χ0n) is 13.7. The highest BCUT2D eigenvalue weighted by Crippen LogP contribution is 2.18. The first-order valence-electron chi connectivity index (χ1n) is 8.23. The Labute approximate surface area is 145 Å². The molecule has 128 valence electrons. The molecule has 2 aromatic rings. The molecule has 3 rings (SSSR count). The summed E-state index contributed by atoms with van der Waals surface area (Å²) >= 11 is 0. The Morgan fingerprint density at radius 3 is 2.56 bits per heavy atom. The molecule has 2 heterocycles. The van der Waals surface area contributed by atoms with Crippen LogP contribution in [-0.4, -0.2) is 46.6 Å². The van der Waals surface area contributed by atoms with E-state index in [0.29, 0.717) is 24.2 Å². The third kappa shape index (κ3) is 4.16. The van der Waals surface area contributed by atoms with Crippen molar-refractivity contribution in [3.05, 3.63) is 66.0 Å². The fourth-order valence-corrected chi connectivity index (χ4v) is 2.96. The van der Waals surface area contributed by atoms with E-state index in [1.165, 1.54) is 0 Å². The van der Waals surface area contributed by atoms with Gasteiger partial charge in [0.05, 0.1) is 12.6 Å². The van der Waals surface area contributed by atoms with E-state index in [9.17, 15) is 14.4 Å². The summed E-state index contributed by atoms with van der Waals surface area (Å²) in [5, 5.41) is 2.43. The lowest BCUT2D eigenvalue weighted by molar-refractivity contribution is -0.124. The van der Waals surface area contributed by atoms with Gasteiger partial charge >= 0.3 is 0 Å². The molecule has 1 aliphatic rings. The van der Waals surface area contributed by atoms with E-state index in [0.717, 1.165) is 6.42 Å². The summed E-state index contributed by atoms with van der Waals surface area (Å²) in [5.74, 6) is -0.914. The smallest absolute Gasteiger partial charge is 0.257 e. The molecule has 1 aromatic carbocycles. The van der Waals surface area contributed by atoms with Crippen molar-refractivity contribution < 1.29 is 14.4 Å². The summed E-state index contributed by atoms with van der Waals surface area (Å²) in [4.78, 5) is 42.8. The summed E-state index contributed by atoms with van der Waals surface area (Å²) in [5.41, 5.74) is 0.818. The van der Waals surface area contributed by atoms with Crippen LogP contribution in [0.3, 0.4) is 0 Å². The van der Waals surface area contributed by atoms with Crippen molar-refractivity contribution in [3.8, 4) is 0 Å². The molecular weight excluding hydrogens is 318 g/mol. The fraction of sp³-hybridized carbons (Fsp3) is 0.263. The normalized spacial score (nSPS) is 17.2. The van der Waals surface area contributed by atoms with Crippen LogP contribution in [0.2, 0.25) is 0 Å². The van der Waals surface area contributed by atoms with Gasteiger partial charge in [0.15, 0.2) is 5.78 Å². The minimum Gasteiger partial charge on any atom is -0.291 e. The van der Waals surface area contributed by atoms with Gasteiger partial charge in [0.1, 0.15) is 5.69 Å². The third-order valence-corrected chi connectivity index (χ3v) is 4.24. The summed E-state index contributed by atoms with van der Waals surface area (Å²) < 4.78 is 0. The van der Waals surface area contributed by atoms with Gasteiger partial charge in [-0.3, -0.25) is 29.6 Å². The Balaban J connectivity index is 1.62. The first kappa shape index (κ1) is 17.0. The fourth-order valence-electron chi connectivity index (χ4n) is 2.96. The van der Waals surface area contributed by atoms with Crippen molar-refractivity contribution in [2.75, 3.05) is 13.1 Å². The quantitative estimate of drug-likeness (QED) is 0.663. The molecule has 0 aliphatic carbocycles. The van der Waals surface area contributed by atoms with E-state index in [2.05, 4.69) is 10.3 Å². The Morgan fingerprint density at radius 1 is 1.08 bits per heavy atom. The summed E-state index contributed by atoms with van der Waals surface area (Å²) in [6, 6.07) is 13.3. The topological polar surface area (TPSA) is 79.4 Å². The number of imide groups is 1. The number of pyridine rings is 1. The average Bonchev–Trinajstić information content (AvgIpc) is 3.11. The van der Waals surface area contributed by atoms with Crippen LogP contribution < -0.4 is 5.32 Å². The zero-order chi connectivity index (χ0) is 17.6. The molecule has 6 heteroatoms. The second-order valence-corrected chi connectivity index (χ2v) is 5.95. The van der Waals surface area contributed by atoms with Crippen LogP contribution >= 0.6 is 0 Å². The van der Waals surface area contributed by atoms with Crippen LogP contribution in [0.25, 0.3) is 0 Å². The van der Waals surface area contributed by atoms with Crippen molar-refractivity contribution in [1.29, 1.82) is 0 Å². The van der Waals surface area contributed by atoms with Gasteiger partial charge in [-0.05, 0) is 43.7 Å². The first-order valence-corrected chi connectivity index (χ1v) is 8.23. The number of Topliss-reactive ketones (excluding diaryl/α,β-unsaturated/α-hetero) is 1. The van der Waals surface area contributed by atoms with Crippen LogP contribution in [0.5, 0.6) is 0 Å². The van der Waals surface area contributed by atoms with Crippen molar-refractivity contribution in [2.45, 2.75) is 18.9 Å². The molecule has 1 saturated heterocycles. The van der Waals surface area contributed by atoms with Gasteiger partial charge < -0.3 is 0 Å². The zero-order valence-corrected chi connectivity index (χ0v) is 13.7. The number of likely N-dealkylation sites (tertiary alicyclic amines) is 1. The molecule has 0 radical (unpaired) electrons.